The van der Waals surface area contributed by atoms with Gasteiger partial charge in [-0.3, -0.25) is 0 Å². The van der Waals surface area contributed by atoms with Gasteiger partial charge < -0.3 is 5.32 Å². The summed E-state index contributed by atoms with van der Waals surface area (Å²) in [7, 11) is 0. The number of aryl methyl sites for hydroxylation is 2. The maximum absolute atomic E-state index is 14.4. The van der Waals surface area contributed by atoms with E-state index in [0.717, 1.165) is 40.2 Å². The Morgan fingerprint density at radius 2 is 1.81 bits per heavy atom. The summed E-state index contributed by atoms with van der Waals surface area (Å²) < 4.78 is 14.4. The Morgan fingerprint density at radius 3 is 2.48 bits per heavy atom. The summed E-state index contributed by atoms with van der Waals surface area (Å²) >= 11 is 6.11. The molecule has 2 aromatic carbocycles. The number of hydrogen-bond acceptors (Lipinski definition) is 1. The van der Waals surface area contributed by atoms with Gasteiger partial charge in [-0.05, 0) is 67.3 Å². The van der Waals surface area contributed by atoms with Gasteiger partial charge in [0.15, 0.2) is 0 Å². The third-order valence-corrected chi connectivity index (χ3v) is 3.99. The predicted molar refractivity (Wildman–Crippen MR) is 88.3 cm³/mol. The Hall–Kier alpha value is -1.38. The Balaban J connectivity index is 2.31. The van der Waals surface area contributed by atoms with Crippen molar-refractivity contribution in [3.63, 3.8) is 0 Å². The van der Waals surface area contributed by atoms with Crippen LogP contribution in [0.5, 0.6) is 0 Å². The molecular formula is C18H21ClFN. The summed E-state index contributed by atoms with van der Waals surface area (Å²) in [5.41, 5.74) is 4.45. The average molecular weight is 306 g/mol. The molecule has 112 valence electrons. The van der Waals surface area contributed by atoms with Crippen LogP contribution in [-0.2, 0) is 6.54 Å². The molecule has 0 fully saturated rings. The summed E-state index contributed by atoms with van der Waals surface area (Å²) in [5, 5.41) is 4.00. The number of nitrogens with one attached hydrogen (secondary N) is 1. The van der Waals surface area contributed by atoms with Gasteiger partial charge in [0.2, 0.25) is 0 Å². The topological polar surface area (TPSA) is 12.0 Å². The van der Waals surface area contributed by atoms with Gasteiger partial charge in [-0.2, -0.15) is 0 Å². The molecule has 0 aliphatic carbocycles. The van der Waals surface area contributed by atoms with Crippen LogP contribution in [0.4, 0.5) is 4.39 Å². The van der Waals surface area contributed by atoms with Crippen molar-refractivity contribution < 1.29 is 4.39 Å². The van der Waals surface area contributed by atoms with Gasteiger partial charge in [0.25, 0.3) is 0 Å². The zero-order valence-corrected chi connectivity index (χ0v) is 13.5. The summed E-state index contributed by atoms with van der Waals surface area (Å²) in [6.07, 6.45) is 1.07. The molecule has 0 aromatic heterocycles. The second kappa shape index (κ2) is 7.06. The van der Waals surface area contributed by atoms with E-state index in [2.05, 4.69) is 12.2 Å². The molecule has 1 N–H and O–H groups in total. The number of rotatable bonds is 5. The summed E-state index contributed by atoms with van der Waals surface area (Å²) in [6, 6.07) is 9.28. The van der Waals surface area contributed by atoms with Gasteiger partial charge in [0.05, 0.1) is 0 Å². The van der Waals surface area contributed by atoms with E-state index >= 15 is 0 Å². The maximum Gasteiger partial charge on any atom is 0.131 e. The van der Waals surface area contributed by atoms with Crippen molar-refractivity contribution in [2.75, 3.05) is 6.54 Å². The van der Waals surface area contributed by atoms with Crippen molar-refractivity contribution in [3.8, 4) is 11.1 Å². The van der Waals surface area contributed by atoms with Gasteiger partial charge in [0, 0.05) is 17.1 Å². The lowest BCUT2D eigenvalue weighted by Crippen LogP contribution is -2.13. The van der Waals surface area contributed by atoms with Gasteiger partial charge >= 0.3 is 0 Å². The molecule has 0 spiro atoms. The predicted octanol–water partition coefficient (Wildman–Crippen LogP) is 5.26. The van der Waals surface area contributed by atoms with Crippen LogP contribution in [0.3, 0.4) is 0 Å². The third kappa shape index (κ3) is 3.84. The third-order valence-electron chi connectivity index (χ3n) is 3.59. The SMILES string of the molecule is CCCNCc1ccc(-c2cc(C)c(Cl)cc2C)c(F)c1. The molecule has 2 aromatic rings. The first-order chi connectivity index (χ1) is 10.0. The zero-order chi connectivity index (χ0) is 15.4. The van der Waals surface area contributed by atoms with Crippen molar-refractivity contribution in [2.24, 2.45) is 0 Å². The molecule has 0 saturated heterocycles. The highest BCUT2D eigenvalue weighted by Gasteiger charge is 2.10. The fourth-order valence-electron chi connectivity index (χ4n) is 2.37. The summed E-state index contributed by atoms with van der Waals surface area (Å²) in [4.78, 5) is 0. The van der Waals surface area contributed by atoms with E-state index in [1.54, 1.807) is 6.07 Å². The monoisotopic (exact) mass is 305 g/mol. The van der Waals surface area contributed by atoms with Gasteiger partial charge in [-0.1, -0.05) is 30.7 Å². The van der Waals surface area contributed by atoms with E-state index in [9.17, 15) is 4.39 Å². The smallest absolute Gasteiger partial charge is 0.131 e. The minimum atomic E-state index is -0.185. The van der Waals surface area contributed by atoms with E-state index in [1.807, 2.05) is 38.1 Å². The minimum Gasteiger partial charge on any atom is -0.313 e. The van der Waals surface area contributed by atoms with Crippen LogP contribution in [0.2, 0.25) is 5.02 Å². The second-order valence-corrected chi connectivity index (χ2v) is 5.81. The van der Waals surface area contributed by atoms with Crippen molar-refractivity contribution in [2.45, 2.75) is 33.7 Å². The Bertz CT molecular complexity index is 637. The quantitative estimate of drug-likeness (QED) is 0.743. The first kappa shape index (κ1) is 16.0. The lowest BCUT2D eigenvalue weighted by atomic mass is 9.97. The molecule has 0 aliphatic heterocycles. The highest BCUT2D eigenvalue weighted by atomic mass is 35.5. The minimum absolute atomic E-state index is 0.185. The van der Waals surface area contributed by atoms with E-state index < -0.39 is 0 Å². The molecular weight excluding hydrogens is 285 g/mol. The van der Waals surface area contributed by atoms with Crippen LogP contribution >= 0.6 is 11.6 Å². The first-order valence-corrected chi connectivity index (χ1v) is 7.67. The molecule has 2 rings (SSSR count). The van der Waals surface area contributed by atoms with Gasteiger partial charge in [-0.15, -0.1) is 0 Å². The molecule has 0 heterocycles. The molecule has 0 saturated carbocycles. The fraction of sp³-hybridized carbons (Fsp3) is 0.333. The van der Waals surface area contributed by atoms with E-state index in [-0.39, 0.29) is 5.82 Å². The molecule has 1 nitrogen and oxygen atoms in total. The van der Waals surface area contributed by atoms with Crippen LogP contribution in [0.15, 0.2) is 30.3 Å². The fourth-order valence-corrected chi connectivity index (χ4v) is 2.59. The molecule has 3 heteroatoms. The Morgan fingerprint density at radius 1 is 1.05 bits per heavy atom. The van der Waals surface area contributed by atoms with Crippen molar-refractivity contribution in [3.05, 3.63) is 57.9 Å². The lowest BCUT2D eigenvalue weighted by molar-refractivity contribution is 0.622. The normalized spacial score (nSPS) is 10.9. The molecule has 0 aliphatic rings. The molecule has 0 radical (unpaired) electrons. The number of benzene rings is 2. The molecule has 0 amide bonds. The van der Waals surface area contributed by atoms with Crippen LogP contribution < -0.4 is 5.32 Å². The van der Waals surface area contributed by atoms with E-state index in [1.165, 1.54) is 0 Å². The molecule has 0 atom stereocenters. The van der Waals surface area contributed by atoms with Gasteiger partial charge in [-0.25, -0.2) is 4.39 Å². The lowest BCUT2D eigenvalue weighted by Gasteiger charge is -2.11. The van der Waals surface area contributed by atoms with Crippen LogP contribution in [-0.4, -0.2) is 6.54 Å². The molecule has 21 heavy (non-hydrogen) atoms. The Kier molecular flexibility index (Phi) is 5.38. The highest BCUT2D eigenvalue weighted by Crippen LogP contribution is 2.30. The van der Waals surface area contributed by atoms with E-state index in [4.69, 9.17) is 11.6 Å². The largest absolute Gasteiger partial charge is 0.313 e. The Labute approximate surface area is 131 Å². The first-order valence-electron chi connectivity index (χ1n) is 7.29. The van der Waals surface area contributed by atoms with Gasteiger partial charge in [0.1, 0.15) is 5.82 Å². The average Bonchev–Trinajstić information content (AvgIpc) is 2.44. The molecule has 0 unspecified atom stereocenters. The maximum atomic E-state index is 14.4. The van der Waals surface area contributed by atoms with Crippen molar-refractivity contribution in [1.29, 1.82) is 0 Å². The standard InChI is InChI=1S/C18H21ClFN/c1-4-7-21-11-14-5-6-15(18(20)10-14)16-8-13(3)17(19)9-12(16)2/h5-6,8-10,21H,4,7,11H2,1-3H3. The van der Waals surface area contributed by atoms with Crippen LogP contribution in [0.25, 0.3) is 11.1 Å². The molecule has 0 bridgehead atoms. The number of hydrogen-bond donors (Lipinski definition) is 1. The summed E-state index contributed by atoms with van der Waals surface area (Å²) in [5.74, 6) is -0.185. The second-order valence-electron chi connectivity index (χ2n) is 5.41. The number of halogens is 2. The highest BCUT2D eigenvalue weighted by molar-refractivity contribution is 6.31. The van der Waals surface area contributed by atoms with Crippen molar-refractivity contribution >= 4 is 11.6 Å². The van der Waals surface area contributed by atoms with Crippen LogP contribution in [0.1, 0.15) is 30.0 Å². The van der Waals surface area contributed by atoms with Crippen LogP contribution in [0, 0.1) is 19.7 Å². The van der Waals surface area contributed by atoms with E-state index in [0.29, 0.717) is 12.1 Å². The summed E-state index contributed by atoms with van der Waals surface area (Å²) in [6.45, 7) is 7.65. The zero-order valence-electron chi connectivity index (χ0n) is 12.8. The van der Waals surface area contributed by atoms with Crippen molar-refractivity contribution in [1.82, 2.24) is 5.32 Å².